The Labute approximate surface area is 191 Å². The number of aromatic nitrogens is 2. The van der Waals surface area contributed by atoms with Crippen LogP contribution in [0.15, 0.2) is 60.8 Å². The summed E-state index contributed by atoms with van der Waals surface area (Å²) in [6, 6.07) is 15.1. The van der Waals surface area contributed by atoms with Crippen LogP contribution in [-0.4, -0.2) is 21.9 Å². The maximum absolute atomic E-state index is 14.0. The Morgan fingerprint density at radius 2 is 1.94 bits per heavy atom. The molecule has 4 aromatic rings. The number of rotatable bonds is 5. The summed E-state index contributed by atoms with van der Waals surface area (Å²) in [7, 11) is 0. The fraction of sp³-hybridized carbons (Fsp3) is 0.259. The fourth-order valence-corrected chi connectivity index (χ4v) is 4.85. The van der Waals surface area contributed by atoms with Crippen molar-refractivity contribution in [3.63, 3.8) is 0 Å². The van der Waals surface area contributed by atoms with E-state index in [2.05, 4.69) is 9.97 Å². The van der Waals surface area contributed by atoms with Crippen molar-refractivity contribution in [2.24, 2.45) is 0 Å². The Hall–Kier alpha value is -3.54. The number of hydrogen-bond donors (Lipinski definition) is 1. The topological polar surface area (TPSA) is 49.0 Å². The first-order valence-corrected chi connectivity index (χ1v) is 11.3. The highest BCUT2D eigenvalue weighted by atomic mass is 19.1. The number of aromatic amines is 1. The van der Waals surface area contributed by atoms with Gasteiger partial charge in [-0.1, -0.05) is 6.07 Å². The molecule has 6 heteroatoms. The molecule has 1 N–H and O–H groups in total. The standard InChI is InChI=1S/C27H25F2N3O/c1-17-8-9-18-15-19(28)11-13-25(18)32(17)26(33)7-4-5-21-22-16-20(29)10-12-23(22)31-27(21)24-6-2-3-14-30-24/h2-3,6,10-17,31H,4-5,7-9H2,1H3. The molecule has 2 aromatic carbocycles. The van der Waals surface area contributed by atoms with Crippen molar-refractivity contribution in [1.82, 2.24) is 9.97 Å². The number of H-pyrrole nitrogens is 1. The molecule has 4 nitrogen and oxygen atoms in total. The van der Waals surface area contributed by atoms with Gasteiger partial charge in [0.15, 0.2) is 0 Å². The Morgan fingerprint density at radius 3 is 2.76 bits per heavy atom. The second-order valence-electron chi connectivity index (χ2n) is 8.66. The zero-order chi connectivity index (χ0) is 22.9. The van der Waals surface area contributed by atoms with Gasteiger partial charge in [0.1, 0.15) is 11.6 Å². The maximum atomic E-state index is 14.0. The van der Waals surface area contributed by atoms with Gasteiger partial charge < -0.3 is 9.88 Å². The van der Waals surface area contributed by atoms with Gasteiger partial charge in [0.2, 0.25) is 5.91 Å². The first-order valence-electron chi connectivity index (χ1n) is 11.3. The molecule has 2 aromatic heterocycles. The van der Waals surface area contributed by atoms with Crippen LogP contribution in [0.2, 0.25) is 0 Å². The fourth-order valence-electron chi connectivity index (χ4n) is 4.85. The molecule has 1 aliphatic heterocycles. The van der Waals surface area contributed by atoms with Crippen LogP contribution >= 0.6 is 0 Å². The first kappa shape index (κ1) is 21.3. The minimum Gasteiger partial charge on any atom is -0.353 e. The predicted octanol–water partition coefficient (Wildman–Crippen LogP) is 6.20. The van der Waals surface area contributed by atoms with Crippen LogP contribution in [0.25, 0.3) is 22.3 Å². The molecule has 0 saturated heterocycles. The normalized spacial score (nSPS) is 15.6. The number of nitrogens with one attached hydrogen (secondary N) is 1. The minimum atomic E-state index is -0.294. The molecule has 1 amide bonds. The Kier molecular flexibility index (Phi) is 5.67. The highest BCUT2D eigenvalue weighted by Gasteiger charge is 2.28. The van der Waals surface area contributed by atoms with E-state index >= 15 is 0 Å². The number of pyridine rings is 1. The zero-order valence-electron chi connectivity index (χ0n) is 18.4. The SMILES string of the molecule is CC1CCc2cc(F)ccc2N1C(=O)CCCc1c(-c2ccccn2)[nH]c2ccc(F)cc12. The van der Waals surface area contributed by atoms with Crippen molar-refractivity contribution in [3.8, 4) is 11.4 Å². The molecule has 1 aliphatic rings. The highest BCUT2D eigenvalue weighted by molar-refractivity contribution is 5.95. The molecule has 0 bridgehead atoms. The van der Waals surface area contributed by atoms with Crippen molar-refractivity contribution in [3.05, 3.63) is 83.6 Å². The third-order valence-corrected chi connectivity index (χ3v) is 6.45. The van der Waals surface area contributed by atoms with Crippen molar-refractivity contribution in [2.45, 2.75) is 45.1 Å². The number of carbonyl (C=O) groups excluding carboxylic acids is 1. The Balaban J connectivity index is 1.39. The zero-order valence-corrected chi connectivity index (χ0v) is 18.4. The molecule has 0 fully saturated rings. The van der Waals surface area contributed by atoms with E-state index < -0.39 is 0 Å². The van der Waals surface area contributed by atoms with Crippen LogP contribution < -0.4 is 4.90 Å². The van der Waals surface area contributed by atoms with E-state index in [1.165, 1.54) is 24.3 Å². The minimum absolute atomic E-state index is 0.0282. The van der Waals surface area contributed by atoms with E-state index in [-0.39, 0.29) is 23.6 Å². The molecule has 1 atom stereocenters. The van der Waals surface area contributed by atoms with Gasteiger partial charge in [-0.2, -0.15) is 0 Å². The van der Waals surface area contributed by atoms with E-state index in [0.29, 0.717) is 19.3 Å². The van der Waals surface area contributed by atoms with Gasteiger partial charge in [-0.25, -0.2) is 8.78 Å². The second-order valence-corrected chi connectivity index (χ2v) is 8.66. The number of carbonyl (C=O) groups is 1. The lowest BCUT2D eigenvalue weighted by Gasteiger charge is -2.35. The van der Waals surface area contributed by atoms with E-state index in [0.717, 1.165) is 51.9 Å². The number of amides is 1. The van der Waals surface area contributed by atoms with Crippen LogP contribution in [0.3, 0.4) is 0 Å². The molecular formula is C27H25F2N3O. The van der Waals surface area contributed by atoms with Crippen LogP contribution in [0, 0.1) is 11.6 Å². The molecule has 0 aliphatic carbocycles. The summed E-state index contributed by atoms with van der Waals surface area (Å²) < 4.78 is 27.7. The van der Waals surface area contributed by atoms with Crippen LogP contribution in [0.5, 0.6) is 0 Å². The quantitative estimate of drug-likeness (QED) is 0.398. The van der Waals surface area contributed by atoms with E-state index in [4.69, 9.17) is 0 Å². The molecule has 0 spiro atoms. The number of halogens is 2. The van der Waals surface area contributed by atoms with Crippen LogP contribution in [-0.2, 0) is 17.6 Å². The lowest BCUT2D eigenvalue weighted by molar-refractivity contribution is -0.119. The molecule has 0 radical (unpaired) electrons. The van der Waals surface area contributed by atoms with Crippen molar-refractivity contribution >= 4 is 22.5 Å². The van der Waals surface area contributed by atoms with E-state index in [1.54, 1.807) is 18.3 Å². The summed E-state index contributed by atoms with van der Waals surface area (Å²) in [5.74, 6) is -0.540. The van der Waals surface area contributed by atoms with Gasteiger partial charge in [-0.3, -0.25) is 9.78 Å². The van der Waals surface area contributed by atoms with Crippen molar-refractivity contribution in [1.29, 1.82) is 0 Å². The number of benzene rings is 2. The molecule has 3 heterocycles. The van der Waals surface area contributed by atoms with Crippen molar-refractivity contribution < 1.29 is 13.6 Å². The maximum Gasteiger partial charge on any atom is 0.227 e. The third kappa shape index (κ3) is 4.13. The van der Waals surface area contributed by atoms with Crippen molar-refractivity contribution in [2.75, 3.05) is 4.90 Å². The molecule has 168 valence electrons. The monoisotopic (exact) mass is 445 g/mol. The van der Waals surface area contributed by atoms with Gasteiger partial charge in [-0.05, 0) is 92.3 Å². The highest BCUT2D eigenvalue weighted by Crippen LogP contribution is 2.33. The number of aryl methyl sites for hydroxylation is 2. The lowest BCUT2D eigenvalue weighted by Crippen LogP contribution is -2.42. The smallest absolute Gasteiger partial charge is 0.227 e. The van der Waals surface area contributed by atoms with Gasteiger partial charge in [0, 0.05) is 35.2 Å². The second kappa shape index (κ2) is 8.77. The molecule has 33 heavy (non-hydrogen) atoms. The lowest BCUT2D eigenvalue weighted by atomic mass is 9.95. The number of nitrogens with zero attached hydrogens (tertiary/aromatic N) is 2. The summed E-state index contributed by atoms with van der Waals surface area (Å²) in [5, 5.41) is 0.815. The van der Waals surface area contributed by atoms with Crippen LogP contribution in [0.1, 0.15) is 37.3 Å². The predicted molar refractivity (Wildman–Crippen MR) is 126 cm³/mol. The van der Waals surface area contributed by atoms with E-state index in [9.17, 15) is 13.6 Å². The molecule has 1 unspecified atom stereocenters. The van der Waals surface area contributed by atoms with Gasteiger partial charge in [0.05, 0.1) is 11.4 Å². The number of hydrogen-bond acceptors (Lipinski definition) is 2. The largest absolute Gasteiger partial charge is 0.353 e. The summed E-state index contributed by atoms with van der Waals surface area (Å²) in [5.41, 5.74) is 5.14. The summed E-state index contributed by atoms with van der Waals surface area (Å²) in [6.07, 6.45) is 4.89. The molecular weight excluding hydrogens is 420 g/mol. The van der Waals surface area contributed by atoms with Gasteiger partial charge in [-0.15, -0.1) is 0 Å². The van der Waals surface area contributed by atoms with Gasteiger partial charge in [0.25, 0.3) is 0 Å². The first-order chi connectivity index (χ1) is 16.0. The summed E-state index contributed by atoms with van der Waals surface area (Å²) in [6.45, 7) is 2.03. The van der Waals surface area contributed by atoms with E-state index in [1.807, 2.05) is 30.0 Å². The summed E-state index contributed by atoms with van der Waals surface area (Å²) in [4.78, 5) is 22.9. The molecule has 0 saturated carbocycles. The molecule has 5 rings (SSSR count). The average molecular weight is 446 g/mol. The average Bonchev–Trinajstić information content (AvgIpc) is 3.17. The number of anilines is 1. The number of fused-ring (bicyclic) bond motifs is 2. The Bertz CT molecular complexity index is 1320. The summed E-state index contributed by atoms with van der Waals surface area (Å²) >= 11 is 0. The van der Waals surface area contributed by atoms with Gasteiger partial charge >= 0.3 is 0 Å². The Morgan fingerprint density at radius 1 is 1.12 bits per heavy atom. The third-order valence-electron chi connectivity index (χ3n) is 6.45. The van der Waals surface area contributed by atoms with Crippen LogP contribution in [0.4, 0.5) is 14.5 Å².